The highest BCUT2D eigenvalue weighted by atomic mass is 32.2. The van der Waals surface area contributed by atoms with Crippen LogP contribution >= 0.6 is 11.8 Å². The van der Waals surface area contributed by atoms with Gasteiger partial charge in [-0.3, -0.25) is 4.98 Å². The molecule has 2 rings (SSSR count). The van der Waals surface area contributed by atoms with E-state index in [2.05, 4.69) is 35.1 Å². The van der Waals surface area contributed by atoms with Gasteiger partial charge in [0, 0.05) is 29.4 Å². The molecular formula is C16H26N2S. The Hall–Kier alpha value is -0.540. The summed E-state index contributed by atoms with van der Waals surface area (Å²) in [4.78, 5) is 4.21. The summed E-state index contributed by atoms with van der Waals surface area (Å²) in [7, 11) is 0. The average molecular weight is 278 g/mol. The monoisotopic (exact) mass is 278 g/mol. The van der Waals surface area contributed by atoms with Crippen LogP contribution in [0.1, 0.15) is 44.6 Å². The molecule has 0 bridgehead atoms. The van der Waals surface area contributed by atoms with E-state index < -0.39 is 0 Å². The molecule has 1 aromatic rings. The van der Waals surface area contributed by atoms with Crippen LogP contribution in [0, 0.1) is 0 Å². The Morgan fingerprint density at radius 1 is 1.37 bits per heavy atom. The number of nitrogens with one attached hydrogen (secondary N) is 1. The SMILES string of the molecule is CCNC(CSC1CCCCC1)Cc1cccnc1. The summed E-state index contributed by atoms with van der Waals surface area (Å²) in [6.07, 6.45) is 12.1. The minimum atomic E-state index is 0.584. The lowest BCUT2D eigenvalue weighted by Crippen LogP contribution is -2.34. The number of rotatable bonds is 7. The fourth-order valence-electron chi connectivity index (χ4n) is 2.77. The second-order valence-electron chi connectivity index (χ2n) is 5.41. The van der Waals surface area contributed by atoms with E-state index in [0.29, 0.717) is 6.04 Å². The number of hydrogen-bond donors (Lipinski definition) is 1. The van der Waals surface area contributed by atoms with Gasteiger partial charge in [0.1, 0.15) is 0 Å². The third-order valence-electron chi connectivity index (χ3n) is 3.78. The van der Waals surface area contributed by atoms with E-state index in [1.54, 1.807) is 0 Å². The van der Waals surface area contributed by atoms with E-state index in [1.807, 2.05) is 18.5 Å². The lowest BCUT2D eigenvalue weighted by atomic mass is 10.0. The molecule has 19 heavy (non-hydrogen) atoms. The summed E-state index contributed by atoms with van der Waals surface area (Å²) >= 11 is 2.18. The van der Waals surface area contributed by atoms with Crippen molar-refractivity contribution in [3.05, 3.63) is 30.1 Å². The predicted octanol–water partition coefficient (Wildman–Crippen LogP) is 3.67. The Balaban J connectivity index is 1.78. The minimum Gasteiger partial charge on any atom is -0.313 e. The summed E-state index contributed by atoms with van der Waals surface area (Å²) in [5.41, 5.74) is 1.35. The molecule has 3 heteroatoms. The van der Waals surface area contributed by atoms with Gasteiger partial charge in [-0.1, -0.05) is 32.3 Å². The van der Waals surface area contributed by atoms with Crippen LogP contribution in [0.5, 0.6) is 0 Å². The molecule has 1 unspecified atom stereocenters. The molecule has 0 saturated heterocycles. The van der Waals surface area contributed by atoms with E-state index in [9.17, 15) is 0 Å². The Kier molecular flexibility index (Phi) is 6.72. The van der Waals surface area contributed by atoms with Crippen molar-refractivity contribution in [3.8, 4) is 0 Å². The van der Waals surface area contributed by atoms with Gasteiger partial charge in [-0.2, -0.15) is 11.8 Å². The molecule has 106 valence electrons. The number of likely N-dealkylation sites (N-methyl/N-ethyl adjacent to an activating group) is 1. The van der Waals surface area contributed by atoms with Crippen molar-refractivity contribution in [2.24, 2.45) is 0 Å². The molecule has 1 aliphatic rings. The summed E-state index contributed by atoms with van der Waals surface area (Å²) in [6.45, 7) is 3.25. The molecule has 0 aromatic carbocycles. The van der Waals surface area contributed by atoms with Crippen LogP contribution < -0.4 is 5.32 Å². The fraction of sp³-hybridized carbons (Fsp3) is 0.688. The summed E-state index contributed by atoms with van der Waals surface area (Å²) < 4.78 is 0. The molecule has 0 amide bonds. The zero-order chi connectivity index (χ0) is 13.3. The quantitative estimate of drug-likeness (QED) is 0.824. The van der Waals surface area contributed by atoms with Crippen LogP contribution in [0.3, 0.4) is 0 Å². The normalized spacial score (nSPS) is 18.4. The highest BCUT2D eigenvalue weighted by Crippen LogP contribution is 2.28. The third kappa shape index (κ3) is 5.53. The zero-order valence-electron chi connectivity index (χ0n) is 12.0. The molecule has 1 atom stereocenters. The van der Waals surface area contributed by atoms with Crippen LogP contribution in [0.15, 0.2) is 24.5 Å². The van der Waals surface area contributed by atoms with E-state index in [0.717, 1.165) is 18.2 Å². The zero-order valence-corrected chi connectivity index (χ0v) is 12.8. The Morgan fingerprint density at radius 2 is 2.21 bits per heavy atom. The van der Waals surface area contributed by atoms with Crippen molar-refractivity contribution in [1.82, 2.24) is 10.3 Å². The molecule has 1 N–H and O–H groups in total. The first-order valence-electron chi connectivity index (χ1n) is 7.62. The fourth-order valence-corrected chi connectivity index (χ4v) is 4.17. The Morgan fingerprint density at radius 3 is 2.89 bits per heavy atom. The molecule has 1 aliphatic carbocycles. The molecular weight excluding hydrogens is 252 g/mol. The average Bonchev–Trinajstić information content (AvgIpc) is 2.47. The van der Waals surface area contributed by atoms with Crippen LogP contribution in [-0.2, 0) is 6.42 Å². The van der Waals surface area contributed by atoms with Gasteiger partial charge in [0.25, 0.3) is 0 Å². The molecule has 1 aromatic heterocycles. The van der Waals surface area contributed by atoms with E-state index in [1.165, 1.54) is 43.4 Å². The van der Waals surface area contributed by atoms with Crippen molar-refractivity contribution in [3.63, 3.8) is 0 Å². The van der Waals surface area contributed by atoms with Gasteiger partial charge in [0.15, 0.2) is 0 Å². The highest BCUT2D eigenvalue weighted by Gasteiger charge is 2.16. The van der Waals surface area contributed by atoms with Gasteiger partial charge in [-0.15, -0.1) is 0 Å². The maximum atomic E-state index is 4.21. The molecule has 0 spiro atoms. The minimum absolute atomic E-state index is 0.584. The van der Waals surface area contributed by atoms with Crippen LogP contribution in [0.25, 0.3) is 0 Å². The number of hydrogen-bond acceptors (Lipinski definition) is 3. The number of aromatic nitrogens is 1. The van der Waals surface area contributed by atoms with Gasteiger partial charge in [-0.25, -0.2) is 0 Å². The summed E-state index contributed by atoms with van der Waals surface area (Å²) in [6, 6.07) is 4.80. The van der Waals surface area contributed by atoms with Crippen LogP contribution in [0.2, 0.25) is 0 Å². The van der Waals surface area contributed by atoms with Crippen molar-refractivity contribution in [2.75, 3.05) is 12.3 Å². The van der Waals surface area contributed by atoms with Gasteiger partial charge in [0.2, 0.25) is 0 Å². The lowest BCUT2D eigenvalue weighted by Gasteiger charge is -2.24. The van der Waals surface area contributed by atoms with E-state index in [-0.39, 0.29) is 0 Å². The number of thioether (sulfide) groups is 1. The van der Waals surface area contributed by atoms with Crippen molar-refractivity contribution in [1.29, 1.82) is 0 Å². The molecule has 1 heterocycles. The Bertz CT molecular complexity index is 336. The summed E-state index contributed by atoms with van der Waals surface area (Å²) in [5.74, 6) is 1.23. The standard InChI is InChI=1S/C16H26N2S/c1-2-18-15(11-14-7-6-10-17-12-14)13-19-16-8-4-3-5-9-16/h6-7,10,12,15-16,18H,2-5,8-9,11,13H2,1H3. The van der Waals surface area contributed by atoms with E-state index in [4.69, 9.17) is 0 Å². The molecule has 1 fully saturated rings. The van der Waals surface area contributed by atoms with Gasteiger partial charge in [-0.05, 0) is 37.4 Å². The van der Waals surface area contributed by atoms with Crippen LogP contribution in [-0.4, -0.2) is 28.6 Å². The van der Waals surface area contributed by atoms with Crippen molar-refractivity contribution < 1.29 is 0 Å². The second-order valence-corrected chi connectivity index (χ2v) is 6.75. The van der Waals surface area contributed by atoms with Crippen molar-refractivity contribution >= 4 is 11.8 Å². The lowest BCUT2D eigenvalue weighted by molar-refractivity contribution is 0.513. The van der Waals surface area contributed by atoms with Gasteiger partial charge in [0.05, 0.1) is 0 Å². The first kappa shape index (κ1) is 14.9. The predicted molar refractivity (Wildman–Crippen MR) is 84.7 cm³/mol. The second kappa shape index (κ2) is 8.60. The maximum absolute atomic E-state index is 4.21. The van der Waals surface area contributed by atoms with Gasteiger partial charge < -0.3 is 5.32 Å². The van der Waals surface area contributed by atoms with Crippen LogP contribution in [0.4, 0.5) is 0 Å². The molecule has 2 nitrogen and oxygen atoms in total. The summed E-state index contributed by atoms with van der Waals surface area (Å²) in [5, 5.41) is 4.53. The topological polar surface area (TPSA) is 24.9 Å². The molecule has 1 saturated carbocycles. The molecule has 0 aliphatic heterocycles. The largest absolute Gasteiger partial charge is 0.313 e. The first-order valence-corrected chi connectivity index (χ1v) is 8.67. The van der Waals surface area contributed by atoms with Crippen molar-refractivity contribution in [2.45, 2.75) is 56.7 Å². The number of pyridine rings is 1. The Labute approximate surface area is 121 Å². The maximum Gasteiger partial charge on any atom is 0.0300 e. The third-order valence-corrected chi connectivity index (χ3v) is 5.32. The highest BCUT2D eigenvalue weighted by molar-refractivity contribution is 7.99. The molecule has 0 radical (unpaired) electrons. The smallest absolute Gasteiger partial charge is 0.0300 e. The number of nitrogens with zero attached hydrogens (tertiary/aromatic N) is 1. The first-order chi connectivity index (χ1) is 9.38. The van der Waals surface area contributed by atoms with Gasteiger partial charge >= 0.3 is 0 Å². The van der Waals surface area contributed by atoms with E-state index >= 15 is 0 Å².